The summed E-state index contributed by atoms with van der Waals surface area (Å²) in [6.07, 6.45) is 9.36. The summed E-state index contributed by atoms with van der Waals surface area (Å²) in [5, 5.41) is 2.29. The third-order valence-electron chi connectivity index (χ3n) is 14.3. The molecule has 0 fully saturated rings. The first-order valence-electron chi connectivity index (χ1n) is 25.6. The zero-order chi connectivity index (χ0) is 49.5. The third-order valence-corrected chi connectivity index (χ3v) is 14.3. The van der Waals surface area contributed by atoms with Crippen molar-refractivity contribution in [2.45, 2.75) is 25.7 Å². The number of aryl methyl sites for hydroxylation is 4. The molecule has 3 aromatic heterocycles. The van der Waals surface area contributed by atoms with E-state index in [1.165, 1.54) is 72.1 Å². The minimum absolute atomic E-state index is 0.920. The number of benzene rings is 9. The Morgan fingerprint density at radius 3 is 1.30 bits per heavy atom. The van der Waals surface area contributed by atoms with E-state index in [9.17, 15) is 0 Å². The van der Waals surface area contributed by atoms with Gasteiger partial charge in [0.25, 0.3) is 0 Å². The SMILES string of the molecule is c1ccc(-c2ccc(-c3cc(-c4nccc5cc(-c6ccccc6)ccc45)ccc3-c3ccccc3-c3cc(CCc4ccc(-c5ccccn5)cc4)cc(CCc4ccc(-c5ccccn5)cc4)c3)cc2)cc1. The molecule has 3 heteroatoms. The zero-order valence-corrected chi connectivity index (χ0v) is 41.2. The summed E-state index contributed by atoms with van der Waals surface area (Å²) in [6.45, 7) is 0. The highest BCUT2D eigenvalue weighted by atomic mass is 14.7. The fourth-order valence-electron chi connectivity index (χ4n) is 10.4. The van der Waals surface area contributed by atoms with Crippen LogP contribution in [0.15, 0.2) is 273 Å². The van der Waals surface area contributed by atoms with E-state index < -0.39 is 0 Å². The summed E-state index contributed by atoms with van der Waals surface area (Å²) >= 11 is 0. The first-order chi connectivity index (χ1) is 36.6. The van der Waals surface area contributed by atoms with Gasteiger partial charge in [-0.05, 0) is 151 Å². The van der Waals surface area contributed by atoms with Gasteiger partial charge in [0.05, 0.1) is 17.1 Å². The van der Waals surface area contributed by atoms with Crippen molar-refractivity contribution in [3.63, 3.8) is 0 Å². The van der Waals surface area contributed by atoms with Gasteiger partial charge in [-0.3, -0.25) is 15.0 Å². The predicted molar refractivity (Wildman–Crippen MR) is 309 cm³/mol. The van der Waals surface area contributed by atoms with Crippen molar-refractivity contribution in [2.24, 2.45) is 0 Å². The van der Waals surface area contributed by atoms with Crippen LogP contribution in [0.4, 0.5) is 0 Å². The lowest BCUT2D eigenvalue weighted by Crippen LogP contribution is -1.98. The molecular formula is C71H53N3. The fraction of sp³-hybridized carbons (Fsp3) is 0.0563. The van der Waals surface area contributed by atoms with Gasteiger partial charge in [0.2, 0.25) is 0 Å². The van der Waals surface area contributed by atoms with Crippen LogP contribution in [0.3, 0.4) is 0 Å². The molecule has 0 unspecified atom stereocenters. The van der Waals surface area contributed by atoms with Crippen LogP contribution >= 0.6 is 0 Å². The van der Waals surface area contributed by atoms with Crippen LogP contribution in [0.2, 0.25) is 0 Å². The number of hydrogen-bond donors (Lipinski definition) is 0. The summed E-state index contributed by atoms with van der Waals surface area (Å²) in [5.41, 5.74) is 23.5. The number of rotatable bonds is 14. The normalized spacial score (nSPS) is 11.2. The molecule has 0 saturated heterocycles. The number of hydrogen-bond acceptors (Lipinski definition) is 3. The molecule has 0 saturated carbocycles. The molecule has 0 radical (unpaired) electrons. The van der Waals surface area contributed by atoms with Crippen LogP contribution < -0.4 is 0 Å². The Bertz CT molecular complexity index is 3730. The molecule has 0 spiro atoms. The molecular weight excluding hydrogens is 895 g/mol. The highest BCUT2D eigenvalue weighted by molar-refractivity contribution is 5.99. The second kappa shape index (κ2) is 21.2. The third kappa shape index (κ3) is 10.1. The summed E-state index contributed by atoms with van der Waals surface area (Å²) < 4.78 is 0. The molecule has 0 aliphatic carbocycles. The number of nitrogens with zero attached hydrogens (tertiary/aromatic N) is 3. The van der Waals surface area contributed by atoms with Gasteiger partial charge in [-0.2, -0.15) is 0 Å². The second-order valence-electron chi connectivity index (χ2n) is 19.1. The topological polar surface area (TPSA) is 38.7 Å². The van der Waals surface area contributed by atoms with Crippen molar-refractivity contribution in [3.8, 4) is 89.4 Å². The summed E-state index contributed by atoms with van der Waals surface area (Å²) in [5.74, 6) is 0. The minimum atomic E-state index is 0.920. The monoisotopic (exact) mass is 947 g/mol. The first-order valence-corrected chi connectivity index (χ1v) is 25.6. The van der Waals surface area contributed by atoms with Crippen molar-refractivity contribution >= 4 is 10.8 Å². The molecule has 0 amide bonds. The van der Waals surface area contributed by atoms with Crippen LogP contribution in [-0.4, -0.2) is 15.0 Å². The molecule has 0 atom stereocenters. The quantitative estimate of drug-likeness (QED) is 0.109. The van der Waals surface area contributed by atoms with E-state index in [0.29, 0.717) is 0 Å². The van der Waals surface area contributed by atoms with E-state index in [0.717, 1.165) is 76.0 Å². The van der Waals surface area contributed by atoms with Gasteiger partial charge in [-0.15, -0.1) is 0 Å². The van der Waals surface area contributed by atoms with Crippen LogP contribution in [-0.2, 0) is 25.7 Å². The maximum atomic E-state index is 5.06. The van der Waals surface area contributed by atoms with Crippen molar-refractivity contribution in [1.82, 2.24) is 15.0 Å². The van der Waals surface area contributed by atoms with E-state index in [-0.39, 0.29) is 0 Å². The Morgan fingerprint density at radius 2 is 0.703 bits per heavy atom. The maximum Gasteiger partial charge on any atom is 0.0780 e. The van der Waals surface area contributed by atoms with Gasteiger partial charge >= 0.3 is 0 Å². The Morgan fingerprint density at radius 1 is 0.230 bits per heavy atom. The average molecular weight is 948 g/mol. The minimum Gasteiger partial charge on any atom is -0.256 e. The van der Waals surface area contributed by atoms with Crippen LogP contribution in [0.5, 0.6) is 0 Å². The summed E-state index contributed by atoms with van der Waals surface area (Å²) in [6, 6.07) is 92.3. The molecule has 0 aliphatic rings. The molecule has 0 N–H and O–H groups in total. The smallest absolute Gasteiger partial charge is 0.0780 e. The second-order valence-corrected chi connectivity index (χ2v) is 19.1. The first kappa shape index (κ1) is 45.8. The lowest BCUT2D eigenvalue weighted by Gasteiger charge is -2.18. The molecule has 0 aliphatic heterocycles. The van der Waals surface area contributed by atoms with E-state index in [2.05, 4.69) is 240 Å². The molecule has 9 aromatic carbocycles. The van der Waals surface area contributed by atoms with Gasteiger partial charge in [0.15, 0.2) is 0 Å². The molecule has 3 nitrogen and oxygen atoms in total. The molecule has 0 bridgehead atoms. The van der Waals surface area contributed by atoms with Crippen molar-refractivity contribution in [1.29, 1.82) is 0 Å². The van der Waals surface area contributed by atoms with Gasteiger partial charge < -0.3 is 0 Å². The van der Waals surface area contributed by atoms with Gasteiger partial charge in [0.1, 0.15) is 0 Å². The molecule has 3 heterocycles. The van der Waals surface area contributed by atoms with E-state index in [1.807, 2.05) is 42.9 Å². The summed E-state index contributed by atoms with van der Waals surface area (Å²) in [4.78, 5) is 14.2. The van der Waals surface area contributed by atoms with E-state index in [1.54, 1.807) is 0 Å². The highest BCUT2D eigenvalue weighted by Gasteiger charge is 2.18. The van der Waals surface area contributed by atoms with Crippen LogP contribution in [0.1, 0.15) is 22.3 Å². The van der Waals surface area contributed by atoms with Crippen LogP contribution in [0.25, 0.3) is 100 Å². The van der Waals surface area contributed by atoms with Crippen molar-refractivity contribution in [3.05, 3.63) is 296 Å². The van der Waals surface area contributed by atoms with Gasteiger partial charge in [-0.25, -0.2) is 0 Å². The Kier molecular flexibility index (Phi) is 13.1. The highest BCUT2D eigenvalue weighted by Crippen LogP contribution is 2.42. The largest absolute Gasteiger partial charge is 0.256 e. The Balaban J connectivity index is 0.930. The Hall–Kier alpha value is -9.31. The van der Waals surface area contributed by atoms with Crippen LogP contribution in [0, 0.1) is 0 Å². The van der Waals surface area contributed by atoms with Crippen molar-refractivity contribution < 1.29 is 0 Å². The molecule has 352 valence electrons. The lowest BCUT2D eigenvalue weighted by atomic mass is 9.86. The maximum absolute atomic E-state index is 5.06. The van der Waals surface area contributed by atoms with E-state index >= 15 is 0 Å². The number of fused-ring (bicyclic) bond motifs is 1. The molecule has 12 aromatic rings. The van der Waals surface area contributed by atoms with E-state index in [4.69, 9.17) is 4.98 Å². The lowest BCUT2D eigenvalue weighted by molar-refractivity contribution is 0.931. The van der Waals surface area contributed by atoms with Gasteiger partial charge in [-0.1, -0.05) is 212 Å². The summed E-state index contributed by atoms with van der Waals surface area (Å²) in [7, 11) is 0. The molecule has 74 heavy (non-hydrogen) atoms. The molecule has 12 rings (SSSR count). The predicted octanol–water partition coefficient (Wildman–Crippen LogP) is 17.9. The average Bonchev–Trinajstić information content (AvgIpc) is 3.49. The van der Waals surface area contributed by atoms with Gasteiger partial charge in [0, 0.05) is 40.7 Å². The standard InChI is InChI=1S/C71H53N3/c1-3-13-54(14-4-1)56-33-35-57(36-34-56)68-49-62(71-65-39-37-60(48-61(65)41-44-74-71)55-15-5-2-6-16-55)38-40-67(68)66-18-8-7-17-64(66)63-46-52(23-21-50-25-29-58(30-26-50)69-19-9-11-42-72-69)45-53(47-63)24-22-51-27-31-59(32-28-51)70-20-10-12-43-73-70/h1-20,25-49H,21-24H2. The number of aromatic nitrogens is 3. The Labute approximate surface area is 434 Å². The fourth-order valence-corrected chi connectivity index (χ4v) is 10.4. The number of pyridine rings is 3. The zero-order valence-electron chi connectivity index (χ0n) is 41.2. The van der Waals surface area contributed by atoms with Crippen molar-refractivity contribution in [2.75, 3.05) is 0 Å².